The summed E-state index contributed by atoms with van der Waals surface area (Å²) in [6.45, 7) is 6.11. The Balaban J connectivity index is 0.00000169. The SMILES string of the molecule is Cc1cc(-c2nc(C3(N)CCC3)no2)c2cnn(C(C)C)c2n1.Cl. The third-order valence-electron chi connectivity index (χ3n) is 4.53. The van der Waals surface area contributed by atoms with Gasteiger partial charge in [-0.05, 0) is 46.1 Å². The van der Waals surface area contributed by atoms with Gasteiger partial charge < -0.3 is 10.3 Å². The van der Waals surface area contributed by atoms with E-state index in [2.05, 4.69) is 34.1 Å². The van der Waals surface area contributed by atoms with Crippen LogP contribution in [0.3, 0.4) is 0 Å². The minimum absolute atomic E-state index is 0. The molecule has 1 saturated carbocycles. The first kappa shape index (κ1) is 16.9. The van der Waals surface area contributed by atoms with Gasteiger partial charge in [0, 0.05) is 11.7 Å². The Morgan fingerprint density at radius 2 is 2.04 bits per heavy atom. The van der Waals surface area contributed by atoms with Crippen LogP contribution in [0.2, 0.25) is 0 Å². The number of aryl methyl sites for hydroxylation is 1. The van der Waals surface area contributed by atoms with Crippen molar-refractivity contribution < 1.29 is 4.52 Å². The van der Waals surface area contributed by atoms with E-state index in [0.29, 0.717) is 11.7 Å². The smallest absolute Gasteiger partial charge is 0.258 e. The standard InChI is InChI=1S/C16H20N6O.ClH/c1-9(2)22-13-12(8-18-22)11(7-10(3)19-13)14-20-15(21-23-14)16(17)5-4-6-16;/h7-9H,4-6,17H2,1-3H3;1H. The molecule has 4 rings (SSSR count). The normalized spacial score (nSPS) is 16.2. The van der Waals surface area contributed by atoms with Gasteiger partial charge in [-0.2, -0.15) is 10.1 Å². The van der Waals surface area contributed by atoms with E-state index < -0.39 is 5.54 Å². The highest BCUT2D eigenvalue weighted by Crippen LogP contribution is 2.38. The zero-order chi connectivity index (χ0) is 16.2. The molecule has 0 spiro atoms. The Hall–Kier alpha value is -1.99. The number of halogens is 1. The van der Waals surface area contributed by atoms with Crippen LogP contribution in [0.25, 0.3) is 22.5 Å². The van der Waals surface area contributed by atoms with Crippen molar-refractivity contribution in [2.45, 2.75) is 51.6 Å². The van der Waals surface area contributed by atoms with Crippen LogP contribution in [0.1, 0.15) is 50.7 Å². The van der Waals surface area contributed by atoms with Crippen molar-refractivity contribution in [2.75, 3.05) is 0 Å². The first-order valence-electron chi connectivity index (χ1n) is 7.96. The molecule has 0 aromatic carbocycles. The zero-order valence-electron chi connectivity index (χ0n) is 14.0. The summed E-state index contributed by atoms with van der Waals surface area (Å²) in [5, 5.41) is 9.47. The van der Waals surface area contributed by atoms with Gasteiger partial charge in [0.05, 0.1) is 22.7 Å². The highest BCUT2D eigenvalue weighted by atomic mass is 35.5. The fourth-order valence-electron chi connectivity index (χ4n) is 3.01. The van der Waals surface area contributed by atoms with E-state index in [1.54, 1.807) is 0 Å². The van der Waals surface area contributed by atoms with Crippen molar-refractivity contribution in [1.29, 1.82) is 0 Å². The van der Waals surface area contributed by atoms with Gasteiger partial charge in [-0.25, -0.2) is 9.67 Å². The predicted molar refractivity (Wildman–Crippen MR) is 92.9 cm³/mol. The number of hydrogen-bond donors (Lipinski definition) is 1. The monoisotopic (exact) mass is 348 g/mol. The molecule has 2 N–H and O–H groups in total. The summed E-state index contributed by atoms with van der Waals surface area (Å²) < 4.78 is 7.40. The second-order valence-corrected chi connectivity index (χ2v) is 6.66. The number of hydrogen-bond acceptors (Lipinski definition) is 6. The van der Waals surface area contributed by atoms with Gasteiger partial charge in [-0.3, -0.25) is 0 Å². The summed E-state index contributed by atoms with van der Waals surface area (Å²) in [5.41, 5.74) is 8.45. The van der Waals surface area contributed by atoms with Crippen molar-refractivity contribution in [3.63, 3.8) is 0 Å². The molecule has 3 heterocycles. The fourth-order valence-corrected chi connectivity index (χ4v) is 3.01. The van der Waals surface area contributed by atoms with Gasteiger partial charge in [0.25, 0.3) is 5.89 Å². The van der Waals surface area contributed by atoms with E-state index in [0.717, 1.165) is 41.6 Å². The molecule has 0 aliphatic heterocycles. The van der Waals surface area contributed by atoms with Gasteiger partial charge in [-0.15, -0.1) is 12.4 Å². The van der Waals surface area contributed by atoms with E-state index in [1.165, 1.54) is 0 Å². The molecule has 24 heavy (non-hydrogen) atoms. The Morgan fingerprint density at radius 3 is 2.67 bits per heavy atom. The molecule has 8 heteroatoms. The van der Waals surface area contributed by atoms with Crippen LogP contribution in [-0.4, -0.2) is 24.9 Å². The number of nitrogens with zero attached hydrogens (tertiary/aromatic N) is 5. The van der Waals surface area contributed by atoms with Crippen LogP contribution in [0, 0.1) is 6.92 Å². The van der Waals surface area contributed by atoms with Crippen molar-refractivity contribution in [1.82, 2.24) is 24.9 Å². The van der Waals surface area contributed by atoms with Gasteiger partial charge in [0.1, 0.15) is 0 Å². The third-order valence-corrected chi connectivity index (χ3v) is 4.53. The number of aromatic nitrogens is 5. The Morgan fingerprint density at radius 1 is 1.29 bits per heavy atom. The molecule has 1 fully saturated rings. The Labute approximate surface area is 146 Å². The predicted octanol–water partition coefficient (Wildman–Crippen LogP) is 3.13. The molecule has 128 valence electrons. The van der Waals surface area contributed by atoms with Crippen LogP contribution in [0.4, 0.5) is 0 Å². The van der Waals surface area contributed by atoms with E-state index in [4.69, 9.17) is 10.3 Å². The van der Waals surface area contributed by atoms with Crippen molar-refractivity contribution in [2.24, 2.45) is 5.73 Å². The van der Waals surface area contributed by atoms with Gasteiger partial charge >= 0.3 is 0 Å². The lowest BCUT2D eigenvalue weighted by Crippen LogP contribution is -2.44. The average molecular weight is 349 g/mol. The van der Waals surface area contributed by atoms with E-state index in [1.807, 2.05) is 23.9 Å². The first-order valence-corrected chi connectivity index (χ1v) is 7.96. The molecular weight excluding hydrogens is 328 g/mol. The number of nitrogens with two attached hydrogens (primary N) is 1. The lowest BCUT2D eigenvalue weighted by Gasteiger charge is -2.34. The maximum absolute atomic E-state index is 6.29. The summed E-state index contributed by atoms with van der Waals surface area (Å²) in [4.78, 5) is 9.16. The topological polar surface area (TPSA) is 95.6 Å². The lowest BCUT2D eigenvalue weighted by molar-refractivity contribution is 0.229. The van der Waals surface area contributed by atoms with E-state index in [-0.39, 0.29) is 18.4 Å². The van der Waals surface area contributed by atoms with E-state index >= 15 is 0 Å². The minimum Gasteiger partial charge on any atom is -0.334 e. The lowest BCUT2D eigenvalue weighted by atomic mass is 9.77. The second kappa shape index (κ2) is 5.82. The van der Waals surface area contributed by atoms with Gasteiger partial charge in [0.2, 0.25) is 0 Å². The van der Waals surface area contributed by atoms with Crippen LogP contribution in [0.15, 0.2) is 16.8 Å². The van der Waals surface area contributed by atoms with Crippen LogP contribution in [-0.2, 0) is 5.54 Å². The quantitative estimate of drug-likeness (QED) is 0.781. The molecular formula is C16H21ClN6O. The number of fused-ring (bicyclic) bond motifs is 1. The molecule has 0 saturated heterocycles. The highest BCUT2D eigenvalue weighted by molar-refractivity contribution is 5.90. The van der Waals surface area contributed by atoms with Crippen molar-refractivity contribution in [3.8, 4) is 11.5 Å². The molecule has 0 amide bonds. The van der Waals surface area contributed by atoms with Crippen LogP contribution in [0.5, 0.6) is 0 Å². The average Bonchev–Trinajstić information content (AvgIpc) is 3.10. The first-order chi connectivity index (χ1) is 11.0. The zero-order valence-corrected chi connectivity index (χ0v) is 14.8. The maximum Gasteiger partial charge on any atom is 0.258 e. The minimum atomic E-state index is -0.426. The van der Waals surface area contributed by atoms with Crippen molar-refractivity contribution in [3.05, 3.63) is 23.8 Å². The second-order valence-electron chi connectivity index (χ2n) is 6.66. The molecule has 7 nitrogen and oxygen atoms in total. The largest absolute Gasteiger partial charge is 0.334 e. The van der Waals surface area contributed by atoms with Crippen LogP contribution >= 0.6 is 12.4 Å². The van der Waals surface area contributed by atoms with Gasteiger partial charge in [0.15, 0.2) is 11.5 Å². The third kappa shape index (κ3) is 2.48. The summed E-state index contributed by atoms with van der Waals surface area (Å²) in [7, 11) is 0. The molecule has 0 atom stereocenters. The fraction of sp³-hybridized carbons (Fsp3) is 0.500. The summed E-state index contributed by atoms with van der Waals surface area (Å²) >= 11 is 0. The molecule has 1 aliphatic rings. The highest BCUT2D eigenvalue weighted by Gasteiger charge is 2.39. The molecule has 0 radical (unpaired) electrons. The van der Waals surface area contributed by atoms with Crippen molar-refractivity contribution >= 4 is 23.4 Å². The molecule has 3 aromatic heterocycles. The van der Waals surface area contributed by atoms with Gasteiger partial charge in [-0.1, -0.05) is 5.16 Å². The van der Waals surface area contributed by atoms with E-state index in [9.17, 15) is 0 Å². The Kier molecular flexibility index (Phi) is 4.09. The molecule has 1 aliphatic carbocycles. The van der Waals surface area contributed by atoms with Crippen LogP contribution < -0.4 is 5.73 Å². The summed E-state index contributed by atoms with van der Waals surface area (Å²) in [5.74, 6) is 1.08. The summed E-state index contributed by atoms with van der Waals surface area (Å²) in [6, 6.07) is 2.19. The Bertz CT molecular complexity index is 880. The summed E-state index contributed by atoms with van der Waals surface area (Å²) in [6.07, 6.45) is 4.73. The molecule has 0 bridgehead atoms. The molecule has 0 unspecified atom stereocenters. The molecule has 3 aromatic rings. The number of pyridine rings is 1. The number of rotatable bonds is 3. The maximum atomic E-state index is 6.29.